The number of ketones is 1. The number of Topliss-reactive ketones (excluding diaryl/α,β-unsaturated/α-hetero) is 1. The summed E-state index contributed by atoms with van der Waals surface area (Å²) in [6.07, 6.45) is 3.26. The van der Waals surface area contributed by atoms with Gasteiger partial charge in [-0.15, -0.1) is 0 Å². The number of rotatable bonds is 7. The fourth-order valence-electron chi connectivity index (χ4n) is 1.49. The second kappa shape index (κ2) is 6.59. The van der Waals surface area contributed by atoms with Crippen LogP contribution < -0.4 is 0 Å². The standard InChI is InChI=1S/C12H22O3/c1-5-9-12(3,4)15-11(14)8-6-7-10(2)13/h5-9H2,1-4H3. The van der Waals surface area contributed by atoms with Crippen molar-refractivity contribution in [3.05, 3.63) is 0 Å². The molecule has 0 aliphatic carbocycles. The van der Waals surface area contributed by atoms with Crippen LogP contribution in [0.3, 0.4) is 0 Å². The zero-order valence-corrected chi connectivity index (χ0v) is 10.3. The molecule has 0 heterocycles. The highest BCUT2D eigenvalue weighted by Gasteiger charge is 2.21. The molecular formula is C12H22O3. The van der Waals surface area contributed by atoms with Crippen LogP contribution in [0.4, 0.5) is 0 Å². The van der Waals surface area contributed by atoms with E-state index in [1.807, 2.05) is 13.8 Å². The van der Waals surface area contributed by atoms with E-state index in [0.717, 1.165) is 12.8 Å². The lowest BCUT2D eigenvalue weighted by Crippen LogP contribution is -2.27. The second-order valence-corrected chi connectivity index (χ2v) is 4.54. The summed E-state index contributed by atoms with van der Waals surface area (Å²) in [6.45, 7) is 7.43. The van der Waals surface area contributed by atoms with Crippen molar-refractivity contribution in [2.24, 2.45) is 0 Å². The van der Waals surface area contributed by atoms with E-state index in [-0.39, 0.29) is 17.4 Å². The molecule has 0 aromatic carbocycles. The Bertz CT molecular complexity index is 219. The summed E-state index contributed by atoms with van der Waals surface area (Å²) in [5.41, 5.74) is -0.373. The molecule has 0 aliphatic heterocycles. The molecule has 3 heteroatoms. The van der Waals surface area contributed by atoms with Crippen LogP contribution in [0.25, 0.3) is 0 Å². The van der Waals surface area contributed by atoms with Gasteiger partial charge in [-0.3, -0.25) is 4.79 Å². The highest BCUT2D eigenvalue weighted by atomic mass is 16.6. The predicted molar refractivity (Wildman–Crippen MR) is 59.6 cm³/mol. The molecule has 0 rings (SSSR count). The van der Waals surface area contributed by atoms with Gasteiger partial charge in [0, 0.05) is 12.8 Å². The Balaban J connectivity index is 3.77. The van der Waals surface area contributed by atoms with Crippen LogP contribution in [-0.2, 0) is 14.3 Å². The molecule has 3 nitrogen and oxygen atoms in total. The predicted octanol–water partition coefficient (Wildman–Crippen LogP) is 2.87. The third-order valence-electron chi connectivity index (χ3n) is 2.15. The molecule has 0 spiro atoms. The quantitative estimate of drug-likeness (QED) is 0.612. The van der Waals surface area contributed by atoms with Crippen LogP contribution in [-0.4, -0.2) is 17.4 Å². The minimum atomic E-state index is -0.373. The van der Waals surface area contributed by atoms with Crippen LogP contribution >= 0.6 is 0 Å². The fraction of sp³-hybridized carbons (Fsp3) is 0.833. The van der Waals surface area contributed by atoms with E-state index in [2.05, 4.69) is 6.92 Å². The minimum absolute atomic E-state index is 0.121. The third kappa shape index (κ3) is 8.16. The van der Waals surface area contributed by atoms with Crippen molar-refractivity contribution >= 4 is 11.8 Å². The maximum atomic E-state index is 11.4. The summed E-state index contributed by atoms with van der Waals surface area (Å²) >= 11 is 0. The first-order chi connectivity index (χ1) is 6.87. The van der Waals surface area contributed by atoms with Crippen LogP contribution in [0, 0.1) is 0 Å². The molecule has 0 amide bonds. The van der Waals surface area contributed by atoms with Crippen LogP contribution in [0.2, 0.25) is 0 Å². The highest BCUT2D eigenvalue weighted by Crippen LogP contribution is 2.17. The van der Waals surface area contributed by atoms with E-state index < -0.39 is 0 Å². The summed E-state index contributed by atoms with van der Waals surface area (Å²) in [6, 6.07) is 0. The molecule has 0 N–H and O–H groups in total. The molecule has 0 fully saturated rings. The van der Waals surface area contributed by atoms with Gasteiger partial charge in [0.25, 0.3) is 0 Å². The third-order valence-corrected chi connectivity index (χ3v) is 2.15. The van der Waals surface area contributed by atoms with Crippen LogP contribution in [0.15, 0.2) is 0 Å². The molecule has 15 heavy (non-hydrogen) atoms. The second-order valence-electron chi connectivity index (χ2n) is 4.54. The largest absolute Gasteiger partial charge is 0.460 e. The molecule has 88 valence electrons. The summed E-state index contributed by atoms with van der Waals surface area (Å²) < 4.78 is 5.31. The van der Waals surface area contributed by atoms with Gasteiger partial charge >= 0.3 is 5.97 Å². The number of carbonyl (C=O) groups is 2. The Morgan fingerprint density at radius 3 is 2.27 bits per heavy atom. The van der Waals surface area contributed by atoms with Gasteiger partial charge in [-0.2, -0.15) is 0 Å². The highest BCUT2D eigenvalue weighted by molar-refractivity contribution is 5.76. The van der Waals surface area contributed by atoms with Gasteiger partial charge in [0.05, 0.1) is 0 Å². The molecule has 0 aliphatic rings. The molecule has 0 radical (unpaired) electrons. The number of ether oxygens (including phenoxy) is 1. The van der Waals surface area contributed by atoms with Crippen molar-refractivity contribution in [2.75, 3.05) is 0 Å². The number of hydrogen-bond acceptors (Lipinski definition) is 3. The molecule has 0 unspecified atom stereocenters. The van der Waals surface area contributed by atoms with Crippen molar-refractivity contribution in [2.45, 2.75) is 65.4 Å². The van der Waals surface area contributed by atoms with Crippen molar-refractivity contribution in [1.29, 1.82) is 0 Å². The lowest BCUT2D eigenvalue weighted by atomic mass is 10.0. The summed E-state index contributed by atoms with van der Waals surface area (Å²) in [5, 5.41) is 0. The molecule has 0 aromatic heterocycles. The van der Waals surface area contributed by atoms with E-state index >= 15 is 0 Å². The van der Waals surface area contributed by atoms with Gasteiger partial charge in [0.15, 0.2) is 0 Å². The van der Waals surface area contributed by atoms with E-state index in [4.69, 9.17) is 4.74 Å². The average Bonchev–Trinajstić information content (AvgIpc) is 2.01. The van der Waals surface area contributed by atoms with Gasteiger partial charge in [-0.1, -0.05) is 13.3 Å². The van der Waals surface area contributed by atoms with Gasteiger partial charge in [-0.05, 0) is 33.6 Å². The maximum Gasteiger partial charge on any atom is 0.306 e. The molecular weight excluding hydrogens is 192 g/mol. The summed E-state index contributed by atoms with van der Waals surface area (Å²) in [4.78, 5) is 22.0. The molecule has 0 aromatic rings. The Hall–Kier alpha value is -0.860. The van der Waals surface area contributed by atoms with Gasteiger partial charge in [0.1, 0.15) is 11.4 Å². The van der Waals surface area contributed by atoms with Gasteiger partial charge in [-0.25, -0.2) is 0 Å². The normalized spacial score (nSPS) is 11.2. The van der Waals surface area contributed by atoms with Crippen molar-refractivity contribution in [3.8, 4) is 0 Å². The first kappa shape index (κ1) is 14.1. The topological polar surface area (TPSA) is 43.4 Å². The van der Waals surface area contributed by atoms with Crippen molar-refractivity contribution < 1.29 is 14.3 Å². The van der Waals surface area contributed by atoms with Gasteiger partial charge in [0.2, 0.25) is 0 Å². The SMILES string of the molecule is CCCC(C)(C)OC(=O)CCCC(C)=O. The smallest absolute Gasteiger partial charge is 0.306 e. The molecule has 0 atom stereocenters. The molecule has 0 bridgehead atoms. The summed E-state index contributed by atoms with van der Waals surface area (Å²) in [7, 11) is 0. The van der Waals surface area contributed by atoms with Gasteiger partial charge < -0.3 is 9.53 Å². The minimum Gasteiger partial charge on any atom is -0.460 e. The first-order valence-electron chi connectivity index (χ1n) is 5.58. The molecule has 0 saturated heterocycles. The maximum absolute atomic E-state index is 11.4. The zero-order chi connectivity index (χ0) is 11.9. The van der Waals surface area contributed by atoms with Crippen molar-refractivity contribution in [1.82, 2.24) is 0 Å². The average molecular weight is 214 g/mol. The number of carbonyl (C=O) groups excluding carboxylic acids is 2. The van der Waals surface area contributed by atoms with E-state index in [1.54, 1.807) is 0 Å². The Morgan fingerprint density at radius 1 is 1.20 bits per heavy atom. The van der Waals surface area contributed by atoms with E-state index in [0.29, 0.717) is 19.3 Å². The Labute approximate surface area is 92.2 Å². The lowest BCUT2D eigenvalue weighted by molar-refractivity contribution is -0.157. The molecule has 0 saturated carbocycles. The van der Waals surface area contributed by atoms with E-state index in [1.165, 1.54) is 6.92 Å². The summed E-state index contributed by atoms with van der Waals surface area (Å²) in [5.74, 6) is -0.0784. The van der Waals surface area contributed by atoms with E-state index in [9.17, 15) is 9.59 Å². The van der Waals surface area contributed by atoms with Crippen LogP contribution in [0.5, 0.6) is 0 Å². The Morgan fingerprint density at radius 2 is 1.80 bits per heavy atom. The number of esters is 1. The zero-order valence-electron chi connectivity index (χ0n) is 10.3. The van der Waals surface area contributed by atoms with Crippen molar-refractivity contribution in [3.63, 3.8) is 0 Å². The lowest BCUT2D eigenvalue weighted by Gasteiger charge is -2.24. The number of hydrogen-bond donors (Lipinski definition) is 0. The monoisotopic (exact) mass is 214 g/mol. The van der Waals surface area contributed by atoms with Crippen LogP contribution in [0.1, 0.15) is 59.8 Å². The first-order valence-corrected chi connectivity index (χ1v) is 5.58. The fourth-order valence-corrected chi connectivity index (χ4v) is 1.49. The Kier molecular flexibility index (Phi) is 6.21.